The minimum atomic E-state index is -0.738. The molecule has 0 spiro atoms. The first-order valence-electron chi connectivity index (χ1n) is 19.4. The summed E-state index contributed by atoms with van der Waals surface area (Å²) in [6.07, 6.45) is 4.22. The van der Waals surface area contributed by atoms with Gasteiger partial charge in [0.1, 0.15) is 29.4 Å². The molecular weight excluding hydrogens is 720 g/mol. The fourth-order valence-electron chi connectivity index (χ4n) is 7.20. The molecule has 304 valence electrons. The zero-order valence-corrected chi connectivity index (χ0v) is 33.5. The number of benzene rings is 1. The van der Waals surface area contributed by atoms with Crippen LogP contribution in [0.2, 0.25) is 0 Å². The molecule has 5 amide bonds. The lowest BCUT2D eigenvalue weighted by Gasteiger charge is -2.36. The fourth-order valence-corrected chi connectivity index (χ4v) is 7.20. The molecule has 1 aromatic carbocycles. The number of likely N-dealkylation sites (tertiary alicyclic amines) is 1. The molecule has 2 aromatic heterocycles. The van der Waals surface area contributed by atoms with E-state index in [0.717, 1.165) is 29.8 Å². The number of aromatic amines is 2. The molecule has 2 saturated heterocycles. The second-order valence-electron chi connectivity index (χ2n) is 14.9. The van der Waals surface area contributed by atoms with Crippen LogP contribution in [0.3, 0.4) is 0 Å². The second kappa shape index (κ2) is 18.8. The summed E-state index contributed by atoms with van der Waals surface area (Å²) in [7, 11) is 2.54. The molecule has 0 aliphatic carbocycles. The van der Waals surface area contributed by atoms with Gasteiger partial charge < -0.3 is 49.7 Å². The van der Waals surface area contributed by atoms with E-state index in [2.05, 4.69) is 35.5 Å². The van der Waals surface area contributed by atoms with Crippen LogP contribution in [0.15, 0.2) is 36.7 Å². The van der Waals surface area contributed by atoms with Gasteiger partial charge in [-0.3, -0.25) is 14.4 Å². The van der Waals surface area contributed by atoms with Crippen LogP contribution in [0.25, 0.3) is 11.3 Å². The van der Waals surface area contributed by atoms with E-state index in [4.69, 9.17) is 9.47 Å². The number of H-pyrrole nitrogens is 2. The molecule has 17 nitrogen and oxygen atoms in total. The van der Waals surface area contributed by atoms with Crippen molar-refractivity contribution in [3.63, 3.8) is 0 Å². The quantitative estimate of drug-likeness (QED) is 0.186. The lowest BCUT2D eigenvalue weighted by Crippen LogP contribution is -2.51. The Morgan fingerprint density at radius 3 is 2.11 bits per heavy atom. The van der Waals surface area contributed by atoms with Gasteiger partial charge in [-0.2, -0.15) is 0 Å². The van der Waals surface area contributed by atoms with E-state index in [-0.39, 0.29) is 42.1 Å². The maximum atomic E-state index is 13.5. The smallest absolute Gasteiger partial charge is 0.407 e. The first kappa shape index (κ1) is 41.6. The molecule has 2 fully saturated rings. The maximum absolute atomic E-state index is 13.5. The molecule has 17 heteroatoms. The molecule has 0 radical (unpaired) electrons. The zero-order valence-electron chi connectivity index (χ0n) is 33.5. The SMILES string of the molecule is CCCN(Cc1ncc(-c2ccc(N3CCN(C(=O)c4cnc([C@@H]5CCCN5C(=O)[C@@H](NC(=O)OC)C(C)C)[nH]4)CC3)cc2)[nH]1)C(=O)[C@@H](NC(=O)OC)C(C)C. The number of hydrogen-bond donors (Lipinski definition) is 4. The minimum Gasteiger partial charge on any atom is -0.453 e. The summed E-state index contributed by atoms with van der Waals surface area (Å²) < 4.78 is 9.46. The summed E-state index contributed by atoms with van der Waals surface area (Å²) in [6.45, 7) is 13.2. The zero-order chi connectivity index (χ0) is 40.5. The van der Waals surface area contributed by atoms with E-state index < -0.39 is 24.3 Å². The number of nitrogens with one attached hydrogen (secondary N) is 4. The summed E-state index contributed by atoms with van der Waals surface area (Å²) in [6, 6.07) is 6.36. The predicted octanol–water partition coefficient (Wildman–Crippen LogP) is 3.93. The molecule has 0 bridgehead atoms. The first-order valence-corrected chi connectivity index (χ1v) is 19.4. The van der Waals surface area contributed by atoms with Gasteiger partial charge in [0.2, 0.25) is 11.8 Å². The third-order valence-corrected chi connectivity index (χ3v) is 10.3. The summed E-state index contributed by atoms with van der Waals surface area (Å²) in [5.41, 5.74) is 3.18. The Bertz CT molecular complexity index is 1820. The molecule has 2 aliphatic heterocycles. The van der Waals surface area contributed by atoms with Crippen LogP contribution in [-0.2, 0) is 25.6 Å². The number of anilines is 1. The Balaban J connectivity index is 1.16. The Kier molecular flexibility index (Phi) is 14.0. The number of methoxy groups -OCH3 is 2. The molecule has 0 unspecified atom stereocenters. The van der Waals surface area contributed by atoms with Gasteiger partial charge >= 0.3 is 12.2 Å². The number of hydrogen-bond acceptors (Lipinski definition) is 10. The monoisotopic (exact) mass is 776 g/mol. The van der Waals surface area contributed by atoms with Crippen LogP contribution in [-0.4, -0.2) is 130 Å². The summed E-state index contributed by atoms with van der Waals surface area (Å²) in [5.74, 6) is 0.383. The average molecular weight is 777 g/mol. The van der Waals surface area contributed by atoms with Crippen molar-refractivity contribution in [3.05, 3.63) is 54.0 Å². The number of carbonyl (C=O) groups excluding carboxylic acids is 5. The van der Waals surface area contributed by atoms with Crippen molar-refractivity contribution in [3.8, 4) is 11.3 Å². The van der Waals surface area contributed by atoms with Crippen molar-refractivity contribution >= 4 is 35.6 Å². The minimum absolute atomic E-state index is 0.128. The highest BCUT2D eigenvalue weighted by atomic mass is 16.5. The van der Waals surface area contributed by atoms with Crippen molar-refractivity contribution < 1.29 is 33.4 Å². The van der Waals surface area contributed by atoms with Crippen LogP contribution in [0.5, 0.6) is 0 Å². The Morgan fingerprint density at radius 2 is 1.50 bits per heavy atom. The lowest BCUT2D eigenvalue weighted by molar-refractivity contribution is -0.136. The van der Waals surface area contributed by atoms with Crippen LogP contribution >= 0.6 is 0 Å². The number of amides is 5. The number of aromatic nitrogens is 4. The van der Waals surface area contributed by atoms with E-state index >= 15 is 0 Å². The van der Waals surface area contributed by atoms with Gasteiger partial charge in [-0.1, -0.05) is 46.8 Å². The molecule has 3 atom stereocenters. The normalized spacial score (nSPS) is 16.8. The van der Waals surface area contributed by atoms with Crippen molar-refractivity contribution in [1.29, 1.82) is 0 Å². The first-order chi connectivity index (χ1) is 26.8. The van der Waals surface area contributed by atoms with Gasteiger partial charge in [0.05, 0.1) is 44.9 Å². The molecule has 0 saturated carbocycles. The topological polar surface area (TPSA) is 198 Å². The van der Waals surface area contributed by atoms with E-state index in [9.17, 15) is 24.0 Å². The molecule has 5 rings (SSSR count). The third-order valence-electron chi connectivity index (χ3n) is 10.3. The van der Waals surface area contributed by atoms with E-state index in [0.29, 0.717) is 63.0 Å². The Morgan fingerprint density at radius 1 is 0.857 bits per heavy atom. The Labute approximate surface area is 327 Å². The van der Waals surface area contributed by atoms with E-state index in [1.807, 2.05) is 63.8 Å². The number of imidazole rings is 2. The van der Waals surface area contributed by atoms with Crippen LogP contribution < -0.4 is 15.5 Å². The van der Waals surface area contributed by atoms with Crippen LogP contribution in [0, 0.1) is 11.8 Å². The summed E-state index contributed by atoms with van der Waals surface area (Å²) in [4.78, 5) is 87.4. The number of alkyl carbamates (subject to hydrolysis) is 2. The van der Waals surface area contributed by atoms with Gasteiger partial charge in [-0.15, -0.1) is 0 Å². The summed E-state index contributed by atoms with van der Waals surface area (Å²) in [5, 5.41) is 5.32. The highest BCUT2D eigenvalue weighted by molar-refractivity contribution is 5.92. The third kappa shape index (κ3) is 9.78. The van der Waals surface area contributed by atoms with Gasteiger partial charge in [0.15, 0.2) is 0 Å². The van der Waals surface area contributed by atoms with E-state index in [1.54, 1.807) is 22.2 Å². The Hall–Kier alpha value is -5.61. The number of nitrogens with zero attached hydrogens (tertiary/aromatic N) is 6. The highest BCUT2D eigenvalue weighted by Gasteiger charge is 2.38. The molecular formula is C39H56N10O7. The van der Waals surface area contributed by atoms with Crippen molar-refractivity contribution in [2.75, 3.05) is 58.4 Å². The summed E-state index contributed by atoms with van der Waals surface area (Å²) >= 11 is 0. The van der Waals surface area contributed by atoms with Crippen LogP contribution in [0.4, 0.5) is 15.3 Å². The number of ether oxygens (including phenoxy) is 2. The molecule has 3 aromatic rings. The van der Waals surface area contributed by atoms with E-state index in [1.165, 1.54) is 14.2 Å². The van der Waals surface area contributed by atoms with Crippen molar-refractivity contribution in [2.24, 2.45) is 11.8 Å². The second-order valence-corrected chi connectivity index (χ2v) is 14.9. The lowest BCUT2D eigenvalue weighted by atomic mass is 10.0. The number of piperazine rings is 1. The van der Waals surface area contributed by atoms with Crippen molar-refractivity contribution in [2.45, 2.75) is 78.6 Å². The molecule has 4 N–H and O–H groups in total. The molecule has 4 heterocycles. The number of carbonyl (C=O) groups is 5. The van der Waals surface area contributed by atoms with Gasteiger partial charge in [-0.25, -0.2) is 19.6 Å². The predicted molar refractivity (Wildman–Crippen MR) is 208 cm³/mol. The number of rotatable bonds is 14. The standard InChI is InChI=1S/C39H56N10O7/c1-8-15-48(36(51)32(24(2)3)44-38(53)55-6)23-31-40-21-28(42-31)26-11-13-27(14-12-26)46-17-19-47(20-18-46)35(50)29-22-41-34(43-29)30-10-9-16-49(30)37(52)33(25(4)5)45-39(54)56-7/h11-14,21-22,24-25,30,32-33H,8-10,15-20,23H2,1-7H3,(H,40,42)(H,41,43)(H,44,53)(H,45,54)/t30-,32-,33-/m0/s1. The van der Waals surface area contributed by atoms with Crippen LogP contribution in [0.1, 0.15) is 82.1 Å². The van der Waals surface area contributed by atoms with Gasteiger partial charge in [0, 0.05) is 45.0 Å². The molecule has 56 heavy (non-hydrogen) atoms. The van der Waals surface area contributed by atoms with Gasteiger partial charge in [-0.05, 0) is 48.8 Å². The fraction of sp³-hybridized carbons (Fsp3) is 0.564. The van der Waals surface area contributed by atoms with Crippen molar-refractivity contribution in [1.82, 2.24) is 45.3 Å². The maximum Gasteiger partial charge on any atom is 0.407 e. The molecule has 2 aliphatic rings. The highest BCUT2D eigenvalue weighted by Crippen LogP contribution is 2.32. The average Bonchev–Trinajstić information content (AvgIpc) is 4.00. The van der Waals surface area contributed by atoms with Gasteiger partial charge in [0.25, 0.3) is 5.91 Å². The largest absolute Gasteiger partial charge is 0.453 e.